The molecule has 0 bridgehead atoms. The second kappa shape index (κ2) is 5.83. The van der Waals surface area contributed by atoms with Gasteiger partial charge in [0.1, 0.15) is 6.33 Å². The number of rotatable bonds is 5. The number of methoxy groups -OCH3 is 1. The van der Waals surface area contributed by atoms with E-state index in [1.165, 1.54) is 31.0 Å². The van der Waals surface area contributed by atoms with Gasteiger partial charge in [-0.25, -0.2) is 4.39 Å². The molecule has 7 heteroatoms. The second-order valence-corrected chi connectivity index (χ2v) is 4.73. The van der Waals surface area contributed by atoms with Crippen molar-refractivity contribution in [1.82, 2.24) is 14.8 Å². The van der Waals surface area contributed by atoms with Gasteiger partial charge < -0.3 is 9.30 Å². The molecule has 19 heavy (non-hydrogen) atoms. The van der Waals surface area contributed by atoms with E-state index in [9.17, 15) is 9.18 Å². The fourth-order valence-corrected chi connectivity index (χ4v) is 2.24. The van der Waals surface area contributed by atoms with Crippen molar-refractivity contribution < 1.29 is 13.9 Å². The first kappa shape index (κ1) is 13.5. The van der Waals surface area contributed by atoms with Crippen molar-refractivity contribution in [2.24, 2.45) is 7.05 Å². The highest BCUT2D eigenvalue weighted by Gasteiger charge is 2.12. The van der Waals surface area contributed by atoms with Crippen LogP contribution in [0, 0.1) is 5.82 Å². The van der Waals surface area contributed by atoms with E-state index < -0.39 is 5.82 Å². The van der Waals surface area contributed by atoms with E-state index in [1.54, 1.807) is 24.0 Å². The molecule has 1 aromatic heterocycles. The lowest BCUT2D eigenvalue weighted by molar-refractivity contribution is 0.102. The Bertz CT molecular complexity index is 600. The Hall–Kier alpha value is -1.89. The molecule has 0 amide bonds. The summed E-state index contributed by atoms with van der Waals surface area (Å²) >= 11 is 1.26. The predicted molar refractivity (Wildman–Crippen MR) is 69.0 cm³/mol. The van der Waals surface area contributed by atoms with Gasteiger partial charge in [-0.15, -0.1) is 10.2 Å². The minimum absolute atomic E-state index is 0.123. The van der Waals surface area contributed by atoms with Crippen molar-refractivity contribution in [3.05, 3.63) is 35.9 Å². The van der Waals surface area contributed by atoms with Crippen LogP contribution < -0.4 is 4.74 Å². The third-order valence-corrected chi connectivity index (χ3v) is 3.51. The van der Waals surface area contributed by atoms with Crippen LogP contribution >= 0.6 is 11.8 Å². The van der Waals surface area contributed by atoms with Crippen LogP contribution in [0.2, 0.25) is 0 Å². The Morgan fingerprint density at radius 3 is 2.89 bits per heavy atom. The molecule has 0 atom stereocenters. The Morgan fingerprint density at radius 2 is 2.32 bits per heavy atom. The highest BCUT2D eigenvalue weighted by Crippen LogP contribution is 2.20. The molecule has 5 nitrogen and oxygen atoms in total. The largest absolute Gasteiger partial charge is 0.494 e. The molecule has 0 aliphatic heterocycles. The van der Waals surface area contributed by atoms with Crippen molar-refractivity contribution in [1.29, 1.82) is 0 Å². The molecule has 0 radical (unpaired) electrons. The Kier molecular flexibility index (Phi) is 4.16. The van der Waals surface area contributed by atoms with Crippen LogP contribution in [-0.4, -0.2) is 33.4 Å². The minimum atomic E-state index is -0.544. The van der Waals surface area contributed by atoms with Gasteiger partial charge >= 0.3 is 0 Å². The number of benzene rings is 1. The number of aromatic nitrogens is 3. The monoisotopic (exact) mass is 281 g/mol. The van der Waals surface area contributed by atoms with Crippen LogP contribution in [0.1, 0.15) is 10.4 Å². The van der Waals surface area contributed by atoms with E-state index in [0.29, 0.717) is 10.7 Å². The summed E-state index contributed by atoms with van der Waals surface area (Å²) in [7, 11) is 3.17. The van der Waals surface area contributed by atoms with Crippen molar-refractivity contribution in [2.45, 2.75) is 5.16 Å². The zero-order valence-corrected chi connectivity index (χ0v) is 11.3. The van der Waals surface area contributed by atoms with E-state index in [2.05, 4.69) is 10.2 Å². The van der Waals surface area contributed by atoms with Gasteiger partial charge in [0, 0.05) is 12.6 Å². The smallest absolute Gasteiger partial charge is 0.191 e. The third kappa shape index (κ3) is 3.11. The standard InChI is InChI=1S/C12H12FN3O2S/c1-16-7-14-15-12(16)19-6-10(17)8-3-4-11(18-2)9(13)5-8/h3-5,7H,6H2,1-2H3. The maximum absolute atomic E-state index is 13.5. The number of hydrogen-bond acceptors (Lipinski definition) is 5. The van der Waals surface area contributed by atoms with Gasteiger partial charge in [-0.3, -0.25) is 4.79 Å². The fraction of sp³-hybridized carbons (Fsp3) is 0.250. The maximum atomic E-state index is 13.5. The molecule has 1 aromatic carbocycles. The quantitative estimate of drug-likeness (QED) is 0.619. The highest BCUT2D eigenvalue weighted by molar-refractivity contribution is 7.99. The van der Waals surface area contributed by atoms with E-state index in [4.69, 9.17) is 4.74 Å². The first-order chi connectivity index (χ1) is 9.11. The highest BCUT2D eigenvalue weighted by atomic mass is 32.2. The summed E-state index contributed by atoms with van der Waals surface area (Å²) in [5.74, 6) is -0.415. The molecule has 0 fully saturated rings. The average molecular weight is 281 g/mol. The van der Waals surface area contributed by atoms with Gasteiger partial charge in [0.05, 0.1) is 12.9 Å². The molecule has 2 rings (SSSR count). The Morgan fingerprint density at radius 1 is 1.53 bits per heavy atom. The maximum Gasteiger partial charge on any atom is 0.191 e. The summed E-state index contributed by atoms with van der Waals surface area (Å²) in [6.45, 7) is 0. The van der Waals surface area contributed by atoms with Gasteiger partial charge in [0.2, 0.25) is 0 Å². The van der Waals surface area contributed by atoms with Crippen LogP contribution in [0.3, 0.4) is 0 Å². The Balaban J connectivity index is 2.04. The number of ether oxygens (including phenoxy) is 1. The number of carbonyl (C=O) groups is 1. The molecule has 2 aromatic rings. The molecule has 0 saturated heterocycles. The van der Waals surface area contributed by atoms with Gasteiger partial charge in [-0.1, -0.05) is 11.8 Å². The van der Waals surface area contributed by atoms with E-state index >= 15 is 0 Å². The summed E-state index contributed by atoms with van der Waals surface area (Å²) in [4.78, 5) is 11.9. The van der Waals surface area contributed by atoms with E-state index in [-0.39, 0.29) is 17.3 Å². The zero-order valence-electron chi connectivity index (χ0n) is 10.5. The zero-order chi connectivity index (χ0) is 13.8. The minimum Gasteiger partial charge on any atom is -0.494 e. The first-order valence-electron chi connectivity index (χ1n) is 5.45. The van der Waals surface area contributed by atoms with E-state index in [0.717, 1.165) is 0 Å². The number of halogens is 1. The Labute approximate surface area is 113 Å². The number of ketones is 1. The summed E-state index contributed by atoms with van der Waals surface area (Å²) in [5, 5.41) is 8.21. The number of carbonyl (C=O) groups excluding carboxylic acids is 1. The summed E-state index contributed by atoms with van der Waals surface area (Å²) in [6.07, 6.45) is 1.56. The first-order valence-corrected chi connectivity index (χ1v) is 6.44. The number of hydrogen-bond donors (Lipinski definition) is 0. The molecule has 0 N–H and O–H groups in total. The van der Waals surface area contributed by atoms with E-state index in [1.807, 2.05) is 0 Å². The van der Waals surface area contributed by atoms with Gasteiger partial charge in [0.25, 0.3) is 0 Å². The topological polar surface area (TPSA) is 57.0 Å². The predicted octanol–water partition coefficient (Wildman–Crippen LogP) is 1.94. The van der Waals surface area contributed by atoms with Gasteiger partial charge in [-0.05, 0) is 18.2 Å². The van der Waals surface area contributed by atoms with Crippen molar-refractivity contribution in [3.63, 3.8) is 0 Å². The second-order valence-electron chi connectivity index (χ2n) is 3.79. The normalized spacial score (nSPS) is 10.5. The number of Topliss-reactive ketones (excluding diaryl/α,β-unsaturated/α-hetero) is 1. The van der Waals surface area contributed by atoms with Gasteiger partial charge in [0.15, 0.2) is 22.5 Å². The lowest BCUT2D eigenvalue weighted by Gasteiger charge is -2.04. The number of aryl methyl sites for hydroxylation is 1. The summed E-state index contributed by atoms with van der Waals surface area (Å²) < 4.78 is 20.0. The molecule has 0 saturated carbocycles. The van der Waals surface area contributed by atoms with Crippen LogP contribution in [0.15, 0.2) is 29.7 Å². The molecule has 0 aliphatic carbocycles. The third-order valence-electron chi connectivity index (χ3n) is 2.48. The molecule has 1 heterocycles. The summed E-state index contributed by atoms with van der Waals surface area (Å²) in [5.41, 5.74) is 0.313. The molecule has 0 aliphatic rings. The average Bonchev–Trinajstić information content (AvgIpc) is 2.81. The van der Waals surface area contributed by atoms with Crippen molar-refractivity contribution in [3.8, 4) is 5.75 Å². The molecule has 0 unspecified atom stereocenters. The van der Waals surface area contributed by atoms with Crippen LogP contribution in [0.25, 0.3) is 0 Å². The molecule has 100 valence electrons. The van der Waals surface area contributed by atoms with Crippen LogP contribution in [0.5, 0.6) is 5.75 Å². The van der Waals surface area contributed by atoms with Crippen molar-refractivity contribution >= 4 is 17.5 Å². The summed E-state index contributed by atoms with van der Waals surface area (Å²) in [6, 6.07) is 4.16. The van der Waals surface area contributed by atoms with Crippen molar-refractivity contribution in [2.75, 3.05) is 12.9 Å². The lowest BCUT2D eigenvalue weighted by atomic mass is 10.1. The molecular formula is C12H12FN3O2S. The fourth-order valence-electron chi connectivity index (χ4n) is 1.46. The van der Waals surface area contributed by atoms with Crippen LogP contribution in [-0.2, 0) is 7.05 Å². The van der Waals surface area contributed by atoms with Gasteiger partial charge in [-0.2, -0.15) is 0 Å². The van der Waals surface area contributed by atoms with Crippen LogP contribution in [0.4, 0.5) is 4.39 Å². The number of nitrogens with zero attached hydrogens (tertiary/aromatic N) is 3. The lowest BCUT2D eigenvalue weighted by Crippen LogP contribution is -2.04. The molecular weight excluding hydrogens is 269 g/mol. The SMILES string of the molecule is COc1ccc(C(=O)CSc2nncn2C)cc1F. The molecule has 0 spiro atoms. The number of thioether (sulfide) groups is 1.